The molecule has 94 valence electrons. The van der Waals surface area contributed by atoms with Gasteiger partial charge < -0.3 is 14.8 Å². The van der Waals surface area contributed by atoms with Gasteiger partial charge >= 0.3 is 0 Å². The number of ether oxygens (including phenoxy) is 2. The van der Waals surface area contributed by atoms with Crippen LogP contribution in [-0.2, 0) is 0 Å². The largest absolute Gasteiger partial charge is 0.490 e. The third-order valence-electron chi connectivity index (χ3n) is 2.84. The lowest BCUT2D eigenvalue weighted by Crippen LogP contribution is -2.18. The van der Waals surface area contributed by atoms with Crippen LogP contribution in [-0.4, -0.2) is 19.8 Å². The molecule has 1 aliphatic rings. The number of hydrogen-bond acceptors (Lipinski definition) is 3. The Morgan fingerprint density at radius 1 is 1.29 bits per heavy atom. The van der Waals surface area contributed by atoms with Crippen LogP contribution in [0.25, 0.3) is 0 Å². The number of nitrogens with one attached hydrogen (secondary N) is 1. The molecule has 0 radical (unpaired) electrons. The highest BCUT2D eigenvalue weighted by molar-refractivity contribution is 9.10. The van der Waals surface area contributed by atoms with Crippen LogP contribution in [0.2, 0.25) is 0 Å². The van der Waals surface area contributed by atoms with Crippen molar-refractivity contribution in [1.82, 2.24) is 5.32 Å². The van der Waals surface area contributed by atoms with E-state index in [-0.39, 0.29) is 0 Å². The molecule has 17 heavy (non-hydrogen) atoms. The van der Waals surface area contributed by atoms with Crippen molar-refractivity contribution < 1.29 is 9.47 Å². The van der Waals surface area contributed by atoms with Crippen LogP contribution in [0, 0.1) is 0 Å². The highest BCUT2D eigenvalue weighted by Crippen LogP contribution is 2.37. The zero-order valence-electron chi connectivity index (χ0n) is 10.3. The van der Waals surface area contributed by atoms with Gasteiger partial charge in [0.25, 0.3) is 0 Å². The molecule has 1 atom stereocenters. The lowest BCUT2D eigenvalue weighted by atomic mass is 10.1. The van der Waals surface area contributed by atoms with Gasteiger partial charge in [-0.2, -0.15) is 0 Å². The molecule has 0 spiro atoms. The van der Waals surface area contributed by atoms with Crippen LogP contribution >= 0.6 is 15.9 Å². The van der Waals surface area contributed by atoms with E-state index in [1.54, 1.807) is 0 Å². The van der Waals surface area contributed by atoms with Crippen molar-refractivity contribution in [3.63, 3.8) is 0 Å². The summed E-state index contributed by atoms with van der Waals surface area (Å²) in [5, 5.41) is 3.40. The molecule has 1 aromatic rings. The van der Waals surface area contributed by atoms with Gasteiger partial charge in [0.2, 0.25) is 0 Å². The molecule has 1 aromatic carbocycles. The summed E-state index contributed by atoms with van der Waals surface area (Å²) in [6.07, 6.45) is 0.935. The average Bonchev–Trinajstić information content (AvgIpc) is 2.52. The second-order valence-electron chi connectivity index (χ2n) is 4.15. The summed E-state index contributed by atoms with van der Waals surface area (Å²) in [5.74, 6) is 1.69. The Bertz CT molecular complexity index is 395. The molecule has 1 N–H and O–H groups in total. The summed E-state index contributed by atoms with van der Waals surface area (Å²) < 4.78 is 12.4. The minimum absolute atomic E-state index is 0.298. The Morgan fingerprint density at radius 2 is 1.94 bits per heavy atom. The van der Waals surface area contributed by atoms with E-state index in [9.17, 15) is 0 Å². The predicted octanol–water partition coefficient (Wildman–Crippen LogP) is 3.28. The maximum absolute atomic E-state index is 5.70. The first-order valence-corrected chi connectivity index (χ1v) is 6.84. The number of fused-ring (bicyclic) bond motifs is 1. The van der Waals surface area contributed by atoms with Gasteiger partial charge in [0.05, 0.1) is 13.2 Å². The van der Waals surface area contributed by atoms with Gasteiger partial charge in [-0.05, 0) is 31.2 Å². The monoisotopic (exact) mass is 299 g/mol. The Hall–Kier alpha value is -0.740. The van der Waals surface area contributed by atoms with E-state index in [0.29, 0.717) is 6.04 Å². The molecule has 0 amide bonds. The van der Waals surface area contributed by atoms with Gasteiger partial charge in [0.15, 0.2) is 11.5 Å². The smallest absolute Gasteiger partial charge is 0.162 e. The summed E-state index contributed by atoms with van der Waals surface area (Å²) in [5.41, 5.74) is 1.20. The van der Waals surface area contributed by atoms with E-state index in [1.165, 1.54) is 5.56 Å². The van der Waals surface area contributed by atoms with Crippen molar-refractivity contribution in [2.24, 2.45) is 0 Å². The normalized spacial score (nSPS) is 16.4. The molecule has 0 aliphatic carbocycles. The molecule has 0 fully saturated rings. The second kappa shape index (κ2) is 5.74. The summed E-state index contributed by atoms with van der Waals surface area (Å²) in [6.45, 7) is 6.65. The molecule has 1 unspecified atom stereocenters. The van der Waals surface area contributed by atoms with Crippen LogP contribution in [0.1, 0.15) is 31.9 Å². The van der Waals surface area contributed by atoms with Crippen molar-refractivity contribution >= 4 is 15.9 Å². The van der Waals surface area contributed by atoms with Crippen LogP contribution in [0.15, 0.2) is 16.6 Å². The van der Waals surface area contributed by atoms with Gasteiger partial charge in [0.1, 0.15) is 0 Å². The maximum Gasteiger partial charge on any atom is 0.162 e. The molecule has 3 nitrogen and oxygen atoms in total. The van der Waals surface area contributed by atoms with E-state index in [4.69, 9.17) is 9.47 Å². The fourth-order valence-electron chi connectivity index (χ4n) is 1.95. The number of benzene rings is 1. The predicted molar refractivity (Wildman–Crippen MR) is 71.8 cm³/mol. The quantitative estimate of drug-likeness (QED) is 0.929. The zero-order chi connectivity index (χ0) is 12.3. The molecule has 0 saturated carbocycles. The van der Waals surface area contributed by atoms with Gasteiger partial charge in [-0.1, -0.05) is 22.9 Å². The van der Waals surface area contributed by atoms with Crippen molar-refractivity contribution in [3.8, 4) is 11.5 Å². The number of halogens is 1. The standard InChI is InChI=1S/C13H18BrNO2/c1-3-15-9(2)10-7-12-13(8-11(10)14)17-6-4-5-16-12/h7-9,15H,3-6H2,1-2H3. The van der Waals surface area contributed by atoms with Crippen molar-refractivity contribution in [2.75, 3.05) is 19.8 Å². The summed E-state index contributed by atoms with van der Waals surface area (Å²) >= 11 is 3.60. The highest BCUT2D eigenvalue weighted by Gasteiger charge is 2.16. The molecule has 0 saturated heterocycles. The summed E-state index contributed by atoms with van der Waals surface area (Å²) in [7, 11) is 0. The third kappa shape index (κ3) is 2.93. The van der Waals surface area contributed by atoms with Gasteiger partial charge in [0, 0.05) is 16.9 Å². The average molecular weight is 300 g/mol. The van der Waals surface area contributed by atoms with Crippen molar-refractivity contribution in [1.29, 1.82) is 0 Å². The van der Waals surface area contributed by atoms with Gasteiger partial charge in [-0.25, -0.2) is 0 Å². The molecule has 2 rings (SSSR count). The Kier molecular flexibility index (Phi) is 4.29. The van der Waals surface area contributed by atoms with Crippen LogP contribution < -0.4 is 14.8 Å². The molecule has 0 bridgehead atoms. The van der Waals surface area contributed by atoms with Crippen LogP contribution in [0.4, 0.5) is 0 Å². The summed E-state index contributed by atoms with van der Waals surface area (Å²) in [6, 6.07) is 4.37. The fraction of sp³-hybridized carbons (Fsp3) is 0.538. The van der Waals surface area contributed by atoms with Crippen molar-refractivity contribution in [2.45, 2.75) is 26.3 Å². The van der Waals surface area contributed by atoms with Crippen molar-refractivity contribution in [3.05, 3.63) is 22.2 Å². The first-order valence-electron chi connectivity index (χ1n) is 6.04. The maximum atomic E-state index is 5.70. The number of hydrogen-bond donors (Lipinski definition) is 1. The molecule has 0 aromatic heterocycles. The Morgan fingerprint density at radius 3 is 2.59 bits per heavy atom. The molecular formula is C13H18BrNO2. The SMILES string of the molecule is CCNC(C)c1cc2c(cc1Br)OCCCO2. The van der Waals surface area contributed by atoms with E-state index < -0.39 is 0 Å². The minimum atomic E-state index is 0.298. The molecule has 1 heterocycles. The van der Waals surface area contributed by atoms with Gasteiger partial charge in [-0.3, -0.25) is 0 Å². The topological polar surface area (TPSA) is 30.5 Å². The molecule has 1 aliphatic heterocycles. The van der Waals surface area contributed by atoms with Crippen LogP contribution in [0.5, 0.6) is 11.5 Å². The summed E-state index contributed by atoms with van der Waals surface area (Å²) in [4.78, 5) is 0. The van der Waals surface area contributed by atoms with E-state index >= 15 is 0 Å². The van der Waals surface area contributed by atoms with E-state index in [1.807, 2.05) is 6.07 Å². The first-order chi connectivity index (χ1) is 8.22. The molecule has 4 heteroatoms. The minimum Gasteiger partial charge on any atom is -0.490 e. The zero-order valence-corrected chi connectivity index (χ0v) is 11.8. The van der Waals surface area contributed by atoms with Crippen LogP contribution in [0.3, 0.4) is 0 Å². The fourth-order valence-corrected chi connectivity index (χ4v) is 2.61. The third-order valence-corrected chi connectivity index (χ3v) is 3.53. The number of rotatable bonds is 3. The molecular weight excluding hydrogens is 282 g/mol. The Labute approximate surface area is 111 Å². The Balaban J connectivity index is 2.31. The lowest BCUT2D eigenvalue weighted by molar-refractivity contribution is 0.297. The first kappa shape index (κ1) is 12.7. The van der Waals surface area contributed by atoms with Gasteiger partial charge in [-0.15, -0.1) is 0 Å². The van der Waals surface area contributed by atoms with E-state index in [0.717, 1.165) is 42.2 Å². The highest BCUT2D eigenvalue weighted by atomic mass is 79.9. The second-order valence-corrected chi connectivity index (χ2v) is 5.00. The lowest BCUT2D eigenvalue weighted by Gasteiger charge is -2.17. The van der Waals surface area contributed by atoms with E-state index in [2.05, 4.69) is 41.2 Å².